The lowest BCUT2D eigenvalue weighted by Crippen LogP contribution is -2.46. The standard InChI is InChI=1S/C16H31NO/c1-4-17-15(11-13(2)3)14-7-10-18-16(12-14)8-5-6-9-16/h13-15,17H,4-12H2,1-3H3. The summed E-state index contributed by atoms with van der Waals surface area (Å²) >= 11 is 0. The molecule has 0 bridgehead atoms. The predicted octanol–water partition coefficient (Wildman–Crippen LogP) is 3.75. The van der Waals surface area contributed by atoms with E-state index in [0.29, 0.717) is 6.04 Å². The molecule has 2 unspecified atom stereocenters. The maximum Gasteiger partial charge on any atom is 0.0685 e. The number of hydrogen-bond acceptors (Lipinski definition) is 2. The largest absolute Gasteiger partial charge is 0.375 e. The maximum absolute atomic E-state index is 6.16. The Labute approximate surface area is 113 Å². The molecule has 1 spiro atoms. The van der Waals surface area contributed by atoms with Crippen molar-refractivity contribution in [3.63, 3.8) is 0 Å². The fourth-order valence-electron chi connectivity index (χ4n) is 3.99. The summed E-state index contributed by atoms with van der Waals surface area (Å²) in [6, 6.07) is 0.705. The molecule has 2 rings (SSSR count). The fraction of sp³-hybridized carbons (Fsp3) is 1.00. The molecular weight excluding hydrogens is 222 g/mol. The Morgan fingerprint density at radius 3 is 2.61 bits per heavy atom. The SMILES string of the molecule is CCNC(CC(C)C)C1CCOC2(CCCC2)C1. The zero-order valence-electron chi connectivity index (χ0n) is 12.5. The summed E-state index contributed by atoms with van der Waals surface area (Å²) in [4.78, 5) is 0. The molecule has 1 N–H and O–H groups in total. The molecule has 2 fully saturated rings. The molecule has 2 aliphatic rings. The predicted molar refractivity (Wildman–Crippen MR) is 76.8 cm³/mol. The van der Waals surface area contributed by atoms with Crippen LogP contribution in [0.15, 0.2) is 0 Å². The first-order valence-corrected chi connectivity index (χ1v) is 8.02. The van der Waals surface area contributed by atoms with Gasteiger partial charge < -0.3 is 10.1 Å². The Morgan fingerprint density at radius 1 is 1.28 bits per heavy atom. The summed E-state index contributed by atoms with van der Waals surface area (Å²) in [6.45, 7) is 9.01. The van der Waals surface area contributed by atoms with E-state index in [1.54, 1.807) is 0 Å². The molecule has 0 amide bonds. The smallest absolute Gasteiger partial charge is 0.0685 e. The van der Waals surface area contributed by atoms with Crippen molar-refractivity contribution < 1.29 is 4.74 Å². The van der Waals surface area contributed by atoms with Crippen LogP contribution in [0.2, 0.25) is 0 Å². The van der Waals surface area contributed by atoms with Gasteiger partial charge in [-0.05, 0) is 50.5 Å². The van der Waals surface area contributed by atoms with Crippen LogP contribution in [0.1, 0.15) is 65.7 Å². The topological polar surface area (TPSA) is 21.3 Å². The van der Waals surface area contributed by atoms with Gasteiger partial charge in [-0.3, -0.25) is 0 Å². The second-order valence-electron chi connectivity index (χ2n) is 6.79. The molecule has 2 nitrogen and oxygen atoms in total. The van der Waals surface area contributed by atoms with Crippen LogP contribution in [-0.2, 0) is 4.74 Å². The lowest BCUT2D eigenvalue weighted by atomic mass is 9.78. The van der Waals surface area contributed by atoms with Gasteiger partial charge in [0.15, 0.2) is 0 Å². The molecule has 0 aromatic carbocycles. The van der Waals surface area contributed by atoms with Crippen molar-refractivity contribution in [3.05, 3.63) is 0 Å². The number of hydrogen-bond donors (Lipinski definition) is 1. The van der Waals surface area contributed by atoms with Gasteiger partial charge in [-0.2, -0.15) is 0 Å². The Bertz CT molecular complexity index is 245. The highest BCUT2D eigenvalue weighted by atomic mass is 16.5. The van der Waals surface area contributed by atoms with E-state index >= 15 is 0 Å². The minimum Gasteiger partial charge on any atom is -0.375 e. The van der Waals surface area contributed by atoms with E-state index in [0.717, 1.165) is 25.0 Å². The molecule has 1 aliphatic heterocycles. The fourth-order valence-corrected chi connectivity index (χ4v) is 3.99. The molecule has 1 saturated heterocycles. The third-order valence-corrected chi connectivity index (χ3v) is 4.81. The minimum atomic E-state index is 0.271. The monoisotopic (exact) mass is 253 g/mol. The van der Waals surface area contributed by atoms with Crippen molar-refractivity contribution in [1.29, 1.82) is 0 Å². The van der Waals surface area contributed by atoms with Gasteiger partial charge in [-0.1, -0.05) is 33.6 Å². The molecule has 1 aliphatic carbocycles. The molecule has 1 saturated carbocycles. The van der Waals surface area contributed by atoms with Crippen LogP contribution in [0.5, 0.6) is 0 Å². The molecule has 2 atom stereocenters. The summed E-state index contributed by atoms with van der Waals surface area (Å²) in [5.74, 6) is 1.62. The van der Waals surface area contributed by atoms with Crippen molar-refractivity contribution in [2.24, 2.45) is 11.8 Å². The molecule has 18 heavy (non-hydrogen) atoms. The summed E-state index contributed by atoms with van der Waals surface area (Å²) in [7, 11) is 0. The lowest BCUT2D eigenvalue weighted by molar-refractivity contribution is -0.0986. The highest BCUT2D eigenvalue weighted by Crippen LogP contribution is 2.43. The summed E-state index contributed by atoms with van der Waals surface area (Å²) in [5.41, 5.74) is 0.271. The maximum atomic E-state index is 6.16. The van der Waals surface area contributed by atoms with E-state index in [1.165, 1.54) is 44.9 Å². The first kappa shape index (κ1) is 14.3. The van der Waals surface area contributed by atoms with Gasteiger partial charge in [0.25, 0.3) is 0 Å². The van der Waals surface area contributed by atoms with Crippen molar-refractivity contribution in [2.45, 2.75) is 77.4 Å². The van der Waals surface area contributed by atoms with Crippen LogP contribution < -0.4 is 5.32 Å². The van der Waals surface area contributed by atoms with Crippen LogP contribution in [0.25, 0.3) is 0 Å². The van der Waals surface area contributed by atoms with Crippen LogP contribution in [0.4, 0.5) is 0 Å². The molecule has 106 valence electrons. The average Bonchev–Trinajstić information content (AvgIpc) is 2.76. The van der Waals surface area contributed by atoms with Crippen LogP contribution in [0, 0.1) is 11.8 Å². The van der Waals surface area contributed by atoms with E-state index in [4.69, 9.17) is 4.74 Å². The molecular formula is C16H31NO. The van der Waals surface area contributed by atoms with E-state index in [2.05, 4.69) is 26.1 Å². The van der Waals surface area contributed by atoms with E-state index < -0.39 is 0 Å². The van der Waals surface area contributed by atoms with Crippen molar-refractivity contribution in [3.8, 4) is 0 Å². The zero-order valence-corrected chi connectivity index (χ0v) is 12.5. The van der Waals surface area contributed by atoms with Gasteiger partial charge in [0.05, 0.1) is 5.60 Å². The molecule has 1 heterocycles. The van der Waals surface area contributed by atoms with E-state index in [-0.39, 0.29) is 5.60 Å². The summed E-state index contributed by atoms with van der Waals surface area (Å²) < 4.78 is 6.16. The Kier molecular flexibility index (Phi) is 5.08. The van der Waals surface area contributed by atoms with Gasteiger partial charge in [0, 0.05) is 12.6 Å². The van der Waals surface area contributed by atoms with Gasteiger partial charge in [-0.15, -0.1) is 0 Å². The molecule has 2 heteroatoms. The Hall–Kier alpha value is -0.0800. The zero-order chi connectivity index (χ0) is 13.0. The average molecular weight is 253 g/mol. The Balaban J connectivity index is 1.96. The second-order valence-corrected chi connectivity index (χ2v) is 6.79. The highest BCUT2D eigenvalue weighted by Gasteiger charge is 2.41. The highest BCUT2D eigenvalue weighted by molar-refractivity contribution is 4.94. The molecule has 0 radical (unpaired) electrons. The van der Waals surface area contributed by atoms with Crippen LogP contribution in [0.3, 0.4) is 0 Å². The number of ether oxygens (including phenoxy) is 1. The quantitative estimate of drug-likeness (QED) is 0.805. The molecule has 0 aromatic rings. The van der Waals surface area contributed by atoms with Gasteiger partial charge >= 0.3 is 0 Å². The second kappa shape index (κ2) is 6.38. The normalized spacial score (nSPS) is 29.0. The first-order chi connectivity index (χ1) is 8.65. The van der Waals surface area contributed by atoms with E-state index in [1.807, 2.05) is 0 Å². The number of nitrogens with one attached hydrogen (secondary N) is 1. The van der Waals surface area contributed by atoms with Gasteiger partial charge in [0.1, 0.15) is 0 Å². The third kappa shape index (κ3) is 3.48. The minimum absolute atomic E-state index is 0.271. The van der Waals surface area contributed by atoms with Crippen molar-refractivity contribution in [2.75, 3.05) is 13.2 Å². The van der Waals surface area contributed by atoms with Crippen LogP contribution >= 0.6 is 0 Å². The first-order valence-electron chi connectivity index (χ1n) is 8.02. The van der Waals surface area contributed by atoms with Gasteiger partial charge in [-0.25, -0.2) is 0 Å². The summed E-state index contributed by atoms with van der Waals surface area (Å²) in [6.07, 6.45) is 9.25. The molecule has 0 aromatic heterocycles. The third-order valence-electron chi connectivity index (χ3n) is 4.81. The summed E-state index contributed by atoms with van der Waals surface area (Å²) in [5, 5.41) is 3.73. The van der Waals surface area contributed by atoms with Crippen LogP contribution in [-0.4, -0.2) is 24.8 Å². The van der Waals surface area contributed by atoms with Crippen molar-refractivity contribution in [1.82, 2.24) is 5.32 Å². The van der Waals surface area contributed by atoms with E-state index in [9.17, 15) is 0 Å². The lowest BCUT2D eigenvalue weighted by Gasteiger charge is -2.42. The number of rotatable bonds is 5. The van der Waals surface area contributed by atoms with Gasteiger partial charge in [0.2, 0.25) is 0 Å². The van der Waals surface area contributed by atoms with Crippen molar-refractivity contribution >= 4 is 0 Å². The Morgan fingerprint density at radius 2 is 2.00 bits per heavy atom.